The SMILES string of the molecule is Cn1nccc1CCNS(=O)(=O)c1ccc(Cl)c(CN)c1. The van der Waals surface area contributed by atoms with Gasteiger partial charge in [-0.25, -0.2) is 13.1 Å². The number of aryl methyl sites for hydroxylation is 1. The van der Waals surface area contributed by atoms with Gasteiger partial charge in [-0.1, -0.05) is 11.6 Å². The normalized spacial score (nSPS) is 11.8. The molecule has 0 fully saturated rings. The fourth-order valence-electron chi connectivity index (χ4n) is 1.92. The number of halogens is 1. The van der Waals surface area contributed by atoms with Crippen molar-refractivity contribution >= 4 is 21.6 Å². The molecule has 6 nitrogen and oxygen atoms in total. The van der Waals surface area contributed by atoms with Crippen LogP contribution in [0.15, 0.2) is 35.4 Å². The molecular weight excluding hydrogens is 312 g/mol. The molecule has 0 bridgehead atoms. The van der Waals surface area contributed by atoms with Gasteiger partial charge in [0.2, 0.25) is 10.0 Å². The summed E-state index contributed by atoms with van der Waals surface area (Å²) >= 11 is 5.93. The van der Waals surface area contributed by atoms with Crippen molar-refractivity contribution in [3.05, 3.63) is 46.7 Å². The lowest BCUT2D eigenvalue weighted by Gasteiger charge is -2.09. The predicted molar refractivity (Wildman–Crippen MR) is 81.4 cm³/mol. The Kier molecular flexibility index (Phi) is 5.00. The fourth-order valence-corrected chi connectivity index (χ4v) is 3.19. The molecule has 21 heavy (non-hydrogen) atoms. The molecule has 0 amide bonds. The summed E-state index contributed by atoms with van der Waals surface area (Å²) in [6.45, 7) is 0.486. The zero-order chi connectivity index (χ0) is 15.5. The minimum atomic E-state index is -3.57. The van der Waals surface area contributed by atoms with Crippen molar-refractivity contribution in [1.29, 1.82) is 0 Å². The van der Waals surface area contributed by atoms with Gasteiger partial charge in [0, 0.05) is 43.5 Å². The maximum Gasteiger partial charge on any atom is 0.240 e. The van der Waals surface area contributed by atoms with E-state index in [1.54, 1.807) is 16.9 Å². The van der Waals surface area contributed by atoms with E-state index in [2.05, 4.69) is 9.82 Å². The van der Waals surface area contributed by atoms with E-state index in [1.807, 2.05) is 13.1 Å². The van der Waals surface area contributed by atoms with Crippen molar-refractivity contribution < 1.29 is 8.42 Å². The number of hydrogen-bond acceptors (Lipinski definition) is 4. The van der Waals surface area contributed by atoms with Gasteiger partial charge in [0.25, 0.3) is 0 Å². The van der Waals surface area contributed by atoms with Crippen molar-refractivity contribution in [2.75, 3.05) is 6.54 Å². The van der Waals surface area contributed by atoms with Crippen LogP contribution in [-0.4, -0.2) is 24.7 Å². The van der Waals surface area contributed by atoms with Crippen LogP contribution in [0.25, 0.3) is 0 Å². The Balaban J connectivity index is 2.06. The van der Waals surface area contributed by atoms with Crippen molar-refractivity contribution in [2.24, 2.45) is 12.8 Å². The van der Waals surface area contributed by atoms with E-state index in [0.717, 1.165) is 5.69 Å². The third-order valence-electron chi connectivity index (χ3n) is 3.14. The molecule has 1 aromatic carbocycles. The third kappa shape index (κ3) is 3.82. The molecule has 1 heterocycles. The lowest BCUT2D eigenvalue weighted by atomic mass is 10.2. The van der Waals surface area contributed by atoms with Crippen LogP contribution in [-0.2, 0) is 30.0 Å². The largest absolute Gasteiger partial charge is 0.326 e. The van der Waals surface area contributed by atoms with E-state index < -0.39 is 10.0 Å². The molecule has 0 radical (unpaired) electrons. The molecule has 3 N–H and O–H groups in total. The maximum absolute atomic E-state index is 12.2. The zero-order valence-electron chi connectivity index (χ0n) is 11.6. The Labute approximate surface area is 129 Å². The second-order valence-corrected chi connectivity index (χ2v) is 6.73. The Morgan fingerprint density at radius 3 is 2.76 bits per heavy atom. The van der Waals surface area contributed by atoms with Gasteiger partial charge in [0.05, 0.1) is 4.90 Å². The average Bonchev–Trinajstić information content (AvgIpc) is 2.84. The summed E-state index contributed by atoms with van der Waals surface area (Å²) in [5.41, 5.74) is 7.09. The summed E-state index contributed by atoms with van der Waals surface area (Å²) in [6, 6.07) is 6.35. The lowest BCUT2D eigenvalue weighted by Crippen LogP contribution is -2.26. The third-order valence-corrected chi connectivity index (χ3v) is 4.97. The molecule has 0 aliphatic rings. The first-order chi connectivity index (χ1) is 9.94. The van der Waals surface area contributed by atoms with Crippen LogP contribution in [0.3, 0.4) is 0 Å². The highest BCUT2D eigenvalue weighted by Gasteiger charge is 2.15. The van der Waals surface area contributed by atoms with Crippen molar-refractivity contribution in [1.82, 2.24) is 14.5 Å². The highest BCUT2D eigenvalue weighted by Crippen LogP contribution is 2.19. The minimum absolute atomic E-state index is 0.164. The molecule has 0 saturated carbocycles. The van der Waals surface area contributed by atoms with Crippen LogP contribution in [0.1, 0.15) is 11.3 Å². The zero-order valence-corrected chi connectivity index (χ0v) is 13.2. The van der Waals surface area contributed by atoms with Crippen LogP contribution < -0.4 is 10.5 Å². The summed E-state index contributed by atoms with van der Waals surface area (Å²) in [7, 11) is -1.75. The van der Waals surface area contributed by atoms with E-state index in [-0.39, 0.29) is 11.4 Å². The molecule has 0 aliphatic heterocycles. The summed E-state index contributed by atoms with van der Waals surface area (Å²) in [5.74, 6) is 0. The summed E-state index contributed by atoms with van der Waals surface area (Å²) in [6.07, 6.45) is 2.24. The number of rotatable bonds is 6. The van der Waals surface area contributed by atoms with Crippen LogP contribution in [0, 0.1) is 0 Å². The Morgan fingerprint density at radius 2 is 2.14 bits per heavy atom. The van der Waals surface area contributed by atoms with E-state index in [0.29, 0.717) is 23.6 Å². The smallest absolute Gasteiger partial charge is 0.240 e. The number of benzene rings is 1. The van der Waals surface area contributed by atoms with Gasteiger partial charge in [0.1, 0.15) is 0 Å². The van der Waals surface area contributed by atoms with E-state index >= 15 is 0 Å². The first-order valence-electron chi connectivity index (χ1n) is 6.39. The van der Waals surface area contributed by atoms with Gasteiger partial charge >= 0.3 is 0 Å². The molecule has 2 aromatic rings. The first-order valence-corrected chi connectivity index (χ1v) is 8.25. The number of nitrogens with two attached hydrogens (primary N) is 1. The Bertz CT molecular complexity index is 728. The van der Waals surface area contributed by atoms with Gasteiger partial charge in [-0.3, -0.25) is 4.68 Å². The monoisotopic (exact) mass is 328 g/mol. The average molecular weight is 329 g/mol. The molecule has 2 rings (SSSR count). The lowest BCUT2D eigenvalue weighted by molar-refractivity contribution is 0.579. The molecule has 0 spiro atoms. The first kappa shape index (κ1) is 16.0. The van der Waals surface area contributed by atoms with Crippen molar-refractivity contribution in [3.8, 4) is 0 Å². The Morgan fingerprint density at radius 1 is 1.38 bits per heavy atom. The van der Waals surface area contributed by atoms with Crippen LogP contribution >= 0.6 is 11.6 Å². The minimum Gasteiger partial charge on any atom is -0.326 e. The molecule has 0 atom stereocenters. The van der Waals surface area contributed by atoms with Crippen LogP contribution in [0.4, 0.5) is 0 Å². The molecule has 0 unspecified atom stereocenters. The van der Waals surface area contributed by atoms with Crippen molar-refractivity contribution in [2.45, 2.75) is 17.9 Å². The second-order valence-electron chi connectivity index (χ2n) is 4.55. The summed E-state index contributed by atoms with van der Waals surface area (Å²) in [5, 5.41) is 4.50. The number of hydrogen-bond donors (Lipinski definition) is 2. The fraction of sp³-hybridized carbons (Fsp3) is 0.308. The quantitative estimate of drug-likeness (QED) is 0.829. The van der Waals surface area contributed by atoms with E-state index in [1.165, 1.54) is 12.1 Å². The second kappa shape index (κ2) is 6.57. The van der Waals surface area contributed by atoms with Crippen molar-refractivity contribution in [3.63, 3.8) is 0 Å². The standard InChI is InChI=1S/C13H17ClN4O2S/c1-18-11(4-6-16-18)5-7-17-21(19,20)12-2-3-13(14)10(8-12)9-15/h2-4,6,8,17H,5,7,9,15H2,1H3. The van der Waals surface area contributed by atoms with Crippen LogP contribution in [0.5, 0.6) is 0 Å². The van der Waals surface area contributed by atoms with E-state index in [9.17, 15) is 8.42 Å². The summed E-state index contributed by atoms with van der Waals surface area (Å²) < 4.78 is 28.7. The molecule has 0 aliphatic carbocycles. The summed E-state index contributed by atoms with van der Waals surface area (Å²) in [4.78, 5) is 0.164. The molecule has 8 heteroatoms. The number of nitrogens with zero attached hydrogens (tertiary/aromatic N) is 2. The van der Waals surface area contributed by atoms with Gasteiger partial charge in [-0.05, 0) is 29.8 Å². The molecule has 114 valence electrons. The Hall–Kier alpha value is -1.41. The van der Waals surface area contributed by atoms with Gasteiger partial charge in [-0.15, -0.1) is 0 Å². The predicted octanol–water partition coefficient (Wildman–Crippen LogP) is 1.05. The molecule has 0 saturated heterocycles. The number of aromatic nitrogens is 2. The van der Waals surface area contributed by atoms with Gasteiger partial charge < -0.3 is 5.73 Å². The number of sulfonamides is 1. The molecule has 1 aromatic heterocycles. The molecular formula is C13H17ClN4O2S. The van der Waals surface area contributed by atoms with E-state index in [4.69, 9.17) is 17.3 Å². The highest BCUT2D eigenvalue weighted by atomic mass is 35.5. The van der Waals surface area contributed by atoms with Crippen LogP contribution in [0.2, 0.25) is 5.02 Å². The van der Waals surface area contributed by atoms with Gasteiger partial charge in [-0.2, -0.15) is 5.10 Å². The highest BCUT2D eigenvalue weighted by molar-refractivity contribution is 7.89. The topological polar surface area (TPSA) is 90.0 Å². The number of nitrogens with one attached hydrogen (secondary N) is 1. The van der Waals surface area contributed by atoms with Gasteiger partial charge in [0.15, 0.2) is 0 Å². The maximum atomic E-state index is 12.2.